The van der Waals surface area contributed by atoms with Crippen LogP contribution >= 0.6 is 0 Å². The number of aromatic nitrogens is 4. The molecule has 1 aliphatic carbocycles. The number of rotatable bonds is 8. The molecule has 0 saturated heterocycles. The Morgan fingerprint density at radius 3 is 1.43 bits per heavy atom. The Morgan fingerprint density at radius 1 is 0.268 bits per heavy atom. The highest BCUT2D eigenvalue weighted by Crippen LogP contribution is 2.52. The molecule has 13 aromatic carbocycles. The summed E-state index contributed by atoms with van der Waals surface area (Å²) in [5.41, 5.74) is 20.6. The van der Waals surface area contributed by atoms with E-state index in [9.17, 15) is 0 Å². The first-order valence-corrected chi connectivity index (χ1v) is 28.2. The minimum absolute atomic E-state index is 0.225. The summed E-state index contributed by atoms with van der Waals surface area (Å²) >= 11 is 0. The summed E-state index contributed by atoms with van der Waals surface area (Å²) in [5.74, 6) is 1.82. The third-order valence-corrected chi connectivity index (χ3v) is 17.2. The molecule has 0 N–H and O–H groups in total. The number of benzene rings is 13. The molecule has 384 valence electrons. The molecule has 0 atom stereocenters. The lowest BCUT2D eigenvalue weighted by molar-refractivity contribution is 0.661. The fourth-order valence-electron chi connectivity index (χ4n) is 13.3. The SMILES string of the molecule is CC1(C)c2ccccc2-c2cc3c4cc(-c5cc(-c6ccccc6)cc(-c6ccc(-c7cccc8ccccc78)c7c(-c8cccc9ccccc89)cccc67)c5)ccc4n(-c4nc(-c5ccccc5)nc(-c5ccccc5)n4)c3cc21. The Labute approximate surface area is 476 Å². The number of nitrogens with zero attached hydrogens (tertiary/aromatic N) is 4. The van der Waals surface area contributed by atoms with Crippen molar-refractivity contribution in [1.82, 2.24) is 19.5 Å². The van der Waals surface area contributed by atoms with Crippen LogP contribution in [0.4, 0.5) is 0 Å². The highest BCUT2D eigenvalue weighted by atomic mass is 15.2. The van der Waals surface area contributed by atoms with Gasteiger partial charge >= 0.3 is 0 Å². The number of fused-ring (bicyclic) bond motifs is 9. The Balaban J connectivity index is 0.951. The Hall–Kier alpha value is -10.6. The van der Waals surface area contributed by atoms with Crippen LogP contribution in [-0.2, 0) is 5.41 Å². The molecule has 0 aliphatic heterocycles. The van der Waals surface area contributed by atoms with E-state index in [1.165, 1.54) is 82.4 Å². The lowest BCUT2D eigenvalue weighted by Gasteiger charge is -2.21. The number of hydrogen-bond donors (Lipinski definition) is 0. The summed E-state index contributed by atoms with van der Waals surface area (Å²) in [7, 11) is 0. The quantitative estimate of drug-likeness (QED) is 0.152. The molecule has 2 heterocycles. The van der Waals surface area contributed by atoms with Crippen LogP contribution in [0, 0.1) is 0 Å². The molecule has 4 heteroatoms. The van der Waals surface area contributed by atoms with E-state index in [1.807, 2.05) is 36.4 Å². The Kier molecular flexibility index (Phi) is 10.9. The van der Waals surface area contributed by atoms with Crippen molar-refractivity contribution in [3.8, 4) is 95.5 Å². The minimum atomic E-state index is -0.225. The first kappa shape index (κ1) is 47.4. The van der Waals surface area contributed by atoms with Gasteiger partial charge in [-0.1, -0.05) is 250 Å². The zero-order valence-corrected chi connectivity index (χ0v) is 45.3. The van der Waals surface area contributed by atoms with Crippen molar-refractivity contribution in [2.24, 2.45) is 0 Å². The maximum absolute atomic E-state index is 5.36. The van der Waals surface area contributed by atoms with E-state index in [2.05, 4.69) is 261 Å². The standard InChI is InChI=1S/C78H52N4/c1-78(2)70-38-17-16-33-63(70)67-47-69-68-46-54(39-42-72(68)82(73(69)48-71(67)78)77-80-75(52-25-8-4-9-26-52)79-76(81-77)53-27-10-5-11-28-53)56-43-55(49-21-6-3-7-22-49)44-57(45-56)60-40-41-66(62-35-19-30-51-24-13-15-32-59(51)62)74-64(60)36-20-37-65(74)61-34-18-29-50-23-12-14-31-58(50)61/h3-48H,1-2H3. The van der Waals surface area contributed by atoms with E-state index in [1.54, 1.807) is 0 Å². The van der Waals surface area contributed by atoms with Gasteiger partial charge < -0.3 is 0 Å². The highest BCUT2D eigenvalue weighted by Gasteiger charge is 2.36. The molecule has 16 rings (SSSR count). The molecule has 4 nitrogen and oxygen atoms in total. The molecule has 0 radical (unpaired) electrons. The predicted molar refractivity (Wildman–Crippen MR) is 342 cm³/mol. The monoisotopic (exact) mass is 1040 g/mol. The van der Waals surface area contributed by atoms with E-state index in [0.29, 0.717) is 17.6 Å². The zero-order chi connectivity index (χ0) is 54.5. The van der Waals surface area contributed by atoms with Crippen molar-refractivity contribution in [1.29, 1.82) is 0 Å². The van der Waals surface area contributed by atoms with Gasteiger partial charge in [0.15, 0.2) is 11.6 Å². The third kappa shape index (κ3) is 7.63. The third-order valence-electron chi connectivity index (χ3n) is 17.2. The van der Waals surface area contributed by atoms with Gasteiger partial charge in [0.05, 0.1) is 11.0 Å². The second-order valence-electron chi connectivity index (χ2n) is 22.3. The van der Waals surface area contributed by atoms with Crippen LogP contribution < -0.4 is 0 Å². The second-order valence-corrected chi connectivity index (χ2v) is 22.3. The first-order chi connectivity index (χ1) is 40.4. The molecular weight excluding hydrogens is 993 g/mol. The normalized spacial score (nSPS) is 12.6. The van der Waals surface area contributed by atoms with Crippen molar-refractivity contribution < 1.29 is 0 Å². The summed E-state index contributed by atoms with van der Waals surface area (Å²) in [6, 6.07) is 102. The van der Waals surface area contributed by atoms with Crippen LogP contribution in [-0.4, -0.2) is 19.5 Å². The van der Waals surface area contributed by atoms with E-state index < -0.39 is 0 Å². The molecule has 1 aliphatic rings. The van der Waals surface area contributed by atoms with Crippen molar-refractivity contribution >= 4 is 54.1 Å². The summed E-state index contributed by atoms with van der Waals surface area (Å²) in [6.07, 6.45) is 0. The molecule has 0 bridgehead atoms. The molecule has 0 spiro atoms. The van der Waals surface area contributed by atoms with Gasteiger partial charge in [-0.05, 0) is 153 Å². The molecule has 0 fully saturated rings. The van der Waals surface area contributed by atoms with Gasteiger partial charge in [0.1, 0.15) is 0 Å². The topological polar surface area (TPSA) is 43.6 Å². The van der Waals surface area contributed by atoms with E-state index >= 15 is 0 Å². The number of hydrogen-bond acceptors (Lipinski definition) is 3. The second kappa shape index (κ2) is 18.8. The van der Waals surface area contributed by atoms with Gasteiger partial charge in [-0.2, -0.15) is 9.97 Å². The lowest BCUT2D eigenvalue weighted by Crippen LogP contribution is -2.15. The highest BCUT2D eigenvalue weighted by molar-refractivity contribution is 6.18. The van der Waals surface area contributed by atoms with Crippen molar-refractivity contribution in [2.45, 2.75) is 19.3 Å². The van der Waals surface area contributed by atoms with Gasteiger partial charge in [0.25, 0.3) is 0 Å². The molecule has 2 aromatic heterocycles. The average molecular weight is 1050 g/mol. The summed E-state index contributed by atoms with van der Waals surface area (Å²) in [4.78, 5) is 15.8. The van der Waals surface area contributed by atoms with Crippen molar-refractivity contribution in [3.05, 3.63) is 290 Å². The lowest BCUT2D eigenvalue weighted by atomic mass is 9.82. The molecule has 0 amide bonds. The van der Waals surface area contributed by atoms with Gasteiger partial charge in [-0.25, -0.2) is 4.98 Å². The predicted octanol–water partition coefficient (Wildman–Crippen LogP) is 20.4. The summed E-state index contributed by atoms with van der Waals surface area (Å²) in [5, 5.41) is 9.61. The van der Waals surface area contributed by atoms with Crippen molar-refractivity contribution in [3.63, 3.8) is 0 Å². The minimum Gasteiger partial charge on any atom is -0.278 e. The van der Waals surface area contributed by atoms with E-state index in [0.717, 1.165) is 60.8 Å². The molecule has 0 saturated carbocycles. The maximum atomic E-state index is 5.36. The van der Waals surface area contributed by atoms with Gasteiger partial charge in [-0.3, -0.25) is 4.57 Å². The molecular formula is C78H52N4. The van der Waals surface area contributed by atoms with Gasteiger partial charge in [-0.15, -0.1) is 0 Å². The average Bonchev–Trinajstić information content (AvgIpc) is 3.56. The van der Waals surface area contributed by atoms with Gasteiger partial charge in [0, 0.05) is 27.3 Å². The van der Waals surface area contributed by atoms with Crippen LogP contribution in [0.1, 0.15) is 25.0 Å². The Bertz CT molecular complexity index is 4900. The molecule has 82 heavy (non-hydrogen) atoms. The summed E-state index contributed by atoms with van der Waals surface area (Å²) in [6.45, 7) is 4.70. The van der Waals surface area contributed by atoms with Crippen LogP contribution in [0.25, 0.3) is 150 Å². The smallest absolute Gasteiger partial charge is 0.238 e. The van der Waals surface area contributed by atoms with Crippen molar-refractivity contribution in [2.75, 3.05) is 0 Å². The van der Waals surface area contributed by atoms with Crippen LogP contribution in [0.5, 0.6) is 0 Å². The first-order valence-electron chi connectivity index (χ1n) is 28.2. The van der Waals surface area contributed by atoms with Crippen LogP contribution in [0.2, 0.25) is 0 Å². The van der Waals surface area contributed by atoms with Gasteiger partial charge in [0.2, 0.25) is 5.95 Å². The van der Waals surface area contributed by atoms with E-state index in [4.69, 9.17) is 15.0 Å². The fraction of sp³-hybridized carbons (Fsp3) is 0.0385. The zero-order valence-electron chi connectivity index (χ0n) is 45.3. The fourth-order valence-corrected chi connectivity index (χ4v) is 13.3. The van der Waals surface area contributed by atoms with Crippen LogP contribution in [0.15, 0.2) is 279 Å². The largest absolute Gasteiger partial charge is 0.278 e. The summed E-state index contributed by atoms with van der Waals surface area (Å²) < 4.78 is 2.28. The molecule has 0 unspecified atom stereocenters. The van der Waals surface area contributed by atoms with E-state index in [-0.39, 0.29) is 5.41 Å². The maximum Gasteiger partial charge on any atom is 0.238 e. The van der Waals surface area contributed by atoms with Crippen LogP contribution in [0.3, 0.4) is 0 Å². The molecule has 15 aromatic rings. The Morgan fingerprint density at radius 2 is 0.756 bits per heavy atom.